The number of aromatic amines is 1. The number of fused-ring (bicyclic) bond motifs is 1. The third-order valence-electron chi connectivity index (χ3n) is 4.42. The Labute approximate surface area is 169 Å². The minimum absolute atomic E-state index is 0.0184. The van der Waals surface area contributed by atoms with Crippen molar-refractivity contribution >= 4 is 16.9 Å². The number of aryl methyl sites for hydroxylation is 1. The lowest BCUT2D eigenvalue weighted by Gasteiger charge is -2.09. The summed E-state index contributed by atoms with van der Waals surface area (Å²) in [6, 6.07) is 12.6. The molecule has 152 valence electrons. The van der Waals surface area contributed by atoms with E-state index >= 15 is 0 Å². The number of hydrogen-bond donors (Lipinski definition) is 1. The molecule has 0 aliphatic heterocycles. The zero-order valence-corrected chi connectivity index (χ0v) is 16.0. The highest BCUT2D eigenvalue weighted by atomic mass is 19.1. The molecule has 0 fully saturated rings. The van der Waals surface area contributed by atoms with Crippen molar-refractivity contribution in [3.63, 3.8) is 0 Å². The van der Waals surface area contributed by atoms with Gasteiger partial charge >= 0.3 is 5.97 Å². The molecule has 0 spiro atoms. The molecule has 2 heterocycles. The van der Waals surface area contributed by atoms with E-state index in [1.54, 1.807) is 31.2 Å². The number of halogens is 1. The average molecular weight is 408 g/mol. The van der Waals surface area contributed by atoms with Crippen LogP contribution in [0, 0.1) is 5.82 Å². The normalized spacial score (nSPS) is 12.1. The topological polar surface area (TPSA) is 111 Å². The first-order valence-electron chi connectivity index (χ1n) is 9.26. The number of aromatic nitrogens is 4. The molecular weight excluding hydrogens is 391 g/mol. The van der Waals surface area contributed by atoms with Crippen LogP contribution in [0.3, 0.4) is 0 Å². The summed E-state index contributed by atoms with van der Waals surface area (Å²) in [5, 5.41) is 8.27. The summed E-state index contributed by atoms with van der Waals surface area (Å²) in [4.78, 5) is 31.3. The van der Waals surface area contributed by atoms with Gasteiger partial charge in [-0.2, -0.15) is 0 Å². The van der Waals surface area contributed by atoms with Gasteiger partial charge in [0, 0.05) is 12.0 Å². The molecule has 0 amide bonds. The molecule has 0 aliphatic rings. The van der Waals surface area contributed by atoms with Gasteiger partial charge < -0.3 is 14.1 Å². The van der Waals surface area contributed by atoms with Crippen LogP contribution in [0.4, 0.5) is 4.39 Å². The van der Waals surface area contributed by atoms with E-state index in [1.807, 2.05) is 0 Å². The lowest BCUT2D eigenvalue weighted by molar-refractivity contribution is -0.149. The third-order valence-corrected chi connectivity index (χ3v) is 4.42. The van der Waals surface area contributed by atoms with Crippen molar-refractivity contribution in [3.05, 3.63) is 76.4 Å². The number of para-hydroxylation sites is 1. The highest BCUT2D eigenvalue weighted by Crippen LogP contribution is 2.23. The average Bonchev–Trinajstić information content (AvgIpc) is 3.23. The van der Waals surface area contributed by atoms with Crippen LogP contribution >= 0.6 is 0 Å². The number of H-pyrrole nitrogens is 1. The van der Waals surface area contributed by atoms with Gasteiger partial charge in [0.25, 0.3) is 11.4 Å². The van der Waals surface area contributed by atoms with Crippen LogP contribution in [-0.4, -0.2) is 26.1 Å². The standard InChI is InChI=1S/C21H17FN4O4/c1-12(20-25-26-21(30-20)13-6-8-14(22)9-7-13)29-18(27)11-10-17-23-16-5-3-2-4-15(16)19(28)24-17/h2-9,12H,10-11H2,1H3,(H,23,24,28)/t12-/m0/s1. The number of esters is 1. The van der Waals surface area contributed by atoms with E-state index in [-0.39, 0.29) is 36.0 Å². The smallest absolute Gasteiger partial charge is 0.307 e. The molecule has 2 aromatic heterocycles. The van der Waals surface area contributed by atoms with E-state index in [4.69, 9.17) is 9.15 Å². The van der Waals surface area contributed by atoms with Gasteiger partial charge in [-0.05, 0) is 43.3 Å². The van der Waals surface area contributed by atoms with Crippen molar-refractivity contribution in [2.24, 2.45) is 0 Å². The maximum absolute atomic E-state index is 13.0. The second-order valence-electron chi connectivity index (χ2n) is 6.61. The van der Waals surface area contributed by atoms with Crippen LogP contribution in [0.25, 0.3) is 22.4 Å². The van der Waals surface area contributed by atoms with Gasteiger partial charge in [0.05, 0.1) is 17.3 Å². The van der Waals surface area contributed by atoms with Crippen LogP contribution < -0.4 is 5.56 Å². The van der Waals surface area contributed by atoms with Crippen LogP contribution in [-0.2, 0) is 16.0 Å². The van der Waals surface area contributed by atoms with Gasteiger partial charge in [0.2, 0.25) is 5.89 Å². The van der Waals surface area contributed by atoms with Crippen LogP contribution in [0.15, 0.2) is 57.7 Å². The number of carbonyl (C=O) groups excluding carboxylic acids is 1. The van der Waals surface area contributed by atoms with Gasteiger partial charge in [0.1, 0.15) is 11.6 Å². The van der Waals surface area contributed by atoms with Crippen molar-refractivity contribution in [1.29, 1.82) is 0 Å². The predicted molar refractivity (Wildman–Crippen MR) is 105 cm³/mol. The Morgan fingerprint density at radius 1 is 1.17 bits per heavy atom. The zero-order chi connectivity index (χ0) is 21.1. The predicted octanol–water partition coefficient (Wildman–Crippen LogP) is 3.35. The maximum atomic E-state index is 13.0. The van der Waals surface area contributed by atoms with Crippen molar-refractivity contribution in [1.82, 2.24) is 20.2 Å². The Kier molecular flexibility index (Phi) is 5.34. The Bertz CT molecular complexity index is 1250. The Balaban J connectivity index is 1.37. The fraction of sp³-hybridized carbons (Fsp3) is 0.190. The lowest BCUT2D eigenvalue weighted by Crippen LogP contribution is -2.14. The second kappa shape index (κ2) is 8.24. The monoisotopic (exact) mass is 408 g/mol. The zero-order valence-electron chi connectivity index (χ0n) is 16.0. The molecule has 30 heavy (non-hydrogen) atoms. The summed E-state index contributed by atoms with van der Waals surface area (Å²) in [5.41, 5.74) is 0.869. The van der Waals surface area contributed by atoms with Crippen LogP contribution in [0.2, 0.25) is 0 Å². The Morgan fingerprint density at radius 2 is 1.93 bits per heavy atom. The lowest BCUT2D eigenvalue weighted by atomic mass is 10.2. The minimum Gasteiger partial charge on any atom is -0.453 e. The number of benzene rings is 2. The van der Waals surface area contributed by atoms with Crippen molar-refractivity contribution in [2.45, 2.75) is 25.9 Å². The molecule has 0 saturated carbocycles. The molecule has 2 aromatic carbocycles. The van der Waals surface area contributed by atoms with E-state index in [2.05, 4.69) is 20.2 Å². The summed E-state index contributed by atoms with van der Waals surface area (Å²) in [6.07, 6.45) is -0.524. The molecule has 9 heteroatoms. The van der Waals surface area contributed by atoms with Crippen molar-refractivity contribution in [3.8, 4) is 11.5 Å². The van der Waals surface area contributed by atoms with Crippen molar-refractivity contribution < 1.29 is 18.3 Å². The highest BCUT2D eigenvalue weighted by molar-refractivity contribution is 5.77. The number of nitrogens with one attached hydrogen (secondary N) is 1. The van der Waals surface area contributed by atoms with Crippen LogP contribution in [0.5, 0.6) is 0 Å². The molecule has 0 radical (unpaired) electrons. The SMILES string of the molecule is C[C@H](OC(=O)CCc1nc2ccccc2c(=O)[nH]1)c1nnc(-c2ccc(F)cc2)o1. The first-order chi connectivity index (χ1) is 14.5. The summed E-state index contributed by atoms with van der Waals surface area (Å²) in [5.74, 6) is -0.145. The van der Waals surface area contributed by atoms with Gasteiger partial charge in [-0.1, -0.05) is 12.1 Å². The molecule has 1 atom stereocenters. The van der Waals surface area contributed by atoms with Crippen LogP contribution in [0.1, 0.15) is 31.2 Å². The summed E-state index contributed by atoms with van der Waals surface area (Å²) < 4.78 is 23.9. The third kappa shape index (κ3) is 4.24. The Hall–Kier alpha value is -3.88. The maximum Gasteiger partial charge on any atom is 0.307 e. The second-order valence-corrected chi connectivity index (χ2v) is 6.61. The minimum atomic E-state index is -0.761. The quantitative estimate of drug-likeness (QED) is 0.487. The van der Waals surface area contributed by atoms with Gasteiger partial charge in [-0.25, -0.2) is 9.37 Å². The van der Waals surface area contributed by atoms with Gasteiger partial charge in [0.15, 0.2) is 6.10 Å². The van der Waals surface area contributed by atoms with E-state index in [0.717, 1.165) is 0 Å². The molecule has 8 nitrogen and oxygen atoms in total. The highest BCUT2D eigenvalue weighted by Gasteiger charge is 2.19. The fourth-order valence-electron chi connectivity index (χ4n) is 2.89. The van der Waals surface area contributed by atoms with Crippen molar-refractivity contribution in [2.75, 3.05) is 0 Å². The van der Waals surface area contributed by atoms with Gasteiger partial charge in [-0.3, -0.25) is 9.59 Å². The molecular formula is C21H17FN4O4. The molecule has 0 aliphatic carbocycles. The van der Waals surface area contributed by atoms with E-state index < -0.39 is 12.1 Å². The molecule has 0 bridgehead atoms. The van der Waals surface area contributed by atoms with Gasteiger partial charge in [-0.15, -0.1) is 10.2 Å². The Morgan fingerprint density at radius 3 is 2.73 bits per heavy atom. The fourth-order valence-corrected chi connectivity index (χ4v) is 2.89. The molecule has 4 rings (SSSR count). The number of nitrogens with zero attached hydrogens (tertiary/aromatic N) is 3. The first kappa shape index (κ1) is 19.4. The first-order valence-corrected chi connectivity index (χ1v) is 9.26. The number of rotatable bonds is 6. The largest absolute Gasteiger partial charge is 0.453 e. The van der Waals surface area contributed by atoms with E-state index in [0.29, 0.717) is 22.3 Å². The number of carbonyl (C=O) groups is 1. The van der Waals surface area contributed by atoms with E-state index in [9.17, 15) is 14.0 Å². The number of ether oxygens (including phenoxy) is 1. The summed E-state index contributed by atoms with van der Waals surface area (Å²) >= 11 is 0. The number of hydrogen-bond acceptors (Lipinski definition) is 7. The molecule has 4 aromatic rings. The summed E-state index contributed by atoms with van der Waals surface area (Å²) in [7, 11) is 0. The molecule has 0 unspecified atom stereocenters. The molecule has 1 N–H and O–H groups in total. The van der Waals surface area contributed by atoms with E-state index in [1.165, 1.54) is 24.3 Å². The molecule has 0 saturated heterocycles. The summed E-state index contributed by atoms with van der Waals surface area (Å²) in [6.45, 7) is 1.61.